The zero-order valence-electron chi connectivity index (χ0n) is 13.1. The van der Waals surface area contributed by atoms with Crippen molar-refractivity contribution in [2.24, 2.45) is 0 Å². The van der Waals surface area contributed by atoms with Gasteiger partial charge < -0.3 is 15.4 Å². The predicted molar refractivity (Wildman–Crippen MR) is 81.9 cm³/mol. The van der Waals surface area contributed by atoms with Crippen molar-refractivity contribution in [3.63, 3.8) is 0 Å². The molecule has 0 spiro atoms. The van der Waals surface area contributed by atoms with E-state index in [4.69, 9.17) is 4.74 Å². The molecule has 3 nitrogen and oxygen atoms in total. The van der Waals surface area contributed by atoms with Crippen molar-refractivity contribution in [3.8, 4) is 5.75 Å². The molecule has 19 heavy (non-hydrogen) atoms. The van der Waals surface area contributed by atoms with E-state index in [2.05, 4.69) is 56.5 Å². The number of rotatable bonds is 7. The third-order valence-corrected chi connectivity index (χ3v) is 3.35. The van der Waals surface area contributed by atoms with Gasteiger partial charge in [0.25, 0.3) is 0 Å². The zero-order chi connectivity index (χ0) is 14.5. The average Bonchev–Trinajstić information content (AvgIpc) is 2.36. The lowest BCUT2D eigenvalue weighted by molar-refractivity contribution is 0.364. The van der Waals surface area contributed by atoms with Gasteiger partial charge in [-0.15, -0.1) is 0 Å². The molecule has 0 atom stereocenters. The molecule has 1 aromatic rings. The van der Waals surface area contributed by atoms with E-state index in [0.29, 0.717) is 5.92 Å². The van der Waals surface area contributed by atoms with Crippen molar-refractivity contribution in [2.75, 3.05) is 20.7 Å². The van der Waals surface area contributed by atoms with Crippen molar-refractivity contribution < 1.29 is 4.74 Å². The lowest BCUT2D eigenvalue weighted by Gasteiger charge is -2.26. The normalized spacial score (nSPS) is 11.9. The first-order valence-electron chi connectivity index (χ1n) is 6.96. The Morgan fingerprint density at radius 3 is 2.47 bits per heavy atom. The molecule has 0 aliphatic carbocycles. The Kier molecular flexibility index (Phi) is 5.83. The summed E-state index contributed by atoms with van der Waals surface area (Å²) in [5.74, 6) is 1.49. The van der Waals surface area contributed by atoms with E-state index in [9.17, 15) is 0 Å². The third kappa shape index (κ3) is 4.84. The van der Waals surface area contributed by atoms with E-state index >= 15 is 0 Å². The van der Waals surface area contributed by atoms with E-state index in [1.54, 1.807) is 7.11 Å². The molecule has 0 amide bonds. The number of hydrogen-bond donors (Lipinski definition) is 2. The lowest BCUT2D eigenvalue weighted by atomic mass is 9.99. The minimum Gasteiger partial charge on any atom is -0.496 e. The molecule has 0 fully saturated rings. The maximum Gasteiger partial charge on any atom is 0.123 e. The fourth-order valence-corrected chi connectivity index (χ4v) is 2.13. The molecule has 0 aliphatic heterocycles. The molecule has 0 heterocycles. The summed E-state index contributed by atoms with van der Waals surface area (Å²) < 4.78 is 5.45. The lowest BCUT2D eigenvalue weighted by Crippen LogP contribution is -2.46. The van der Waals surface area contributed by atoms with Crippen molar-refractivity contribution in [1.29, 1.82) is 0 Å². The van der Waals surface area contributed by atoms with Gasteiger partial charge in [-0.05, 0) is 38.4 Å². The highest BCUT2D eigenvalue weighted by Gasteiger charge is 2.16. The Bertz CT molecular complexity index is 400. The van der Waals surface area contributed by atoms with Crippen LogP contribution in [0.3, 0.4) is 0 Å². The Labute approximate surface area is 117 Å². The molecule has 3 heteroatoms. The van der Waals surface area contributed by atoms with Crippen molar-refractivity contribution in [3.05, 3.63) is 29.3 Å². The van der Waals surface area contributed by atoms with Crippen LogP contribution in [0.5, 0.6) is 5.75 Å². The fourth-order valence-electron chi connectivity index (χ4n) is 2.13. The highest BCUT2D eigenvalue weighted by Crippen LogP contribution is 2.24. The summed E-state index contributed by atoms with van der Waals surface area (Å²) in [7, 11) is 3.70. The van der Waals surface area contributed by atoms with Crippen molar-refractivity contribution in [2.45, 2.75) is 45.7 Å². The number of benzene rings is 1. The largest absolute Gasteiger partial charge is 0.496 e. The molecule has 0 bridgehead atoms. The maximum atomic E-state index is 5.45. The van der Waals surface area contributed by atoms with Gasteiger partial charge in [0.1, 0.15) is 5.75 Å². The SMILES string of the molecule is CNCC(C)(C)NCc1cc(C(C)C)ccc1OC. The number of methoxy groups -OCH3 is 1. The topological polar surface area (TPSA) is 33.3 Å². The summed E-state index contributed by atoms with van der Waals surface area (Å²) in [5.41, 5.74) is 2.63. The Morgan fingerprint density at radius 1 is 1.26 bits per heavy atom. The smallest absolute Gasteiger partial charge is 0.123 e. The predicted octanol–water partition coefficient (Wildman–Crippen LogP) is 2.91. The second-order valence-electron chi connectivity index (χ2n) is 5.99. The minimum atomic E-state index is 0.0631. The molecule has 1 aromatic carbocycles. The van der Waals surface area contributed by atoms with Crippen molar-refractivity contribution >= 4 is 0 Å². The summed E-state index contributed by atoms with van der Waals surface area (Å²) in [4.78, 5) is 0. The first-order chi connectivity index (χ1) is 8.89. The second kappa shape index (κ2) is 6.92. The van der Waals surface area contributed by atoms with E-state index < -0.39 is 0 Å². The van der Waals surface area contributed by atoms with Crippen LogP contribution in [0.25, 0.3) is 0 Å². The third-order valence-electron chi connectivity index (χ3n) is 3.35. The Hall–Kier alpha value is -1.06. The van der Waals surface area contributed by atoms with Gasteiger partial charge in [0.2, 0.25) is 0 Å². The quantitative estimate of drug-likeness (QED) is 0.794. The van der Waals surface area contributed by atoms with Gasteiger partial charge in [-0.1, -0.05) is 26.0 Å². The number of nitrogens with one attached hydrogen (secondary N) is 2. The molecule has 0 radical (unpaired) electrons. The van der Waals surface area contributed by atoms with Crippen LogP contribution in [0.15, 0.2) is 18.2 Å². The first kappa shape index (κ1) is 16.0. The van der Waals surface area contributed by atoms with Crippen LogP contribution in [0.2, 0.25) is 0 Å². The standard InChI is InChI=1S/C16H28N2O/c1-12(2)13-7-8-15(19-6)14(9-13)10-18-16(3,4)11-17-5/h7-9,12,17-18H,10-11H2,1-6H3. The molecule has 0 saturated carbocycles. The molecule has 108 valence electrons. The Balaban J connectivity index is 2.83. The molecule has 0 aromatic heterocycles. The highest BCUT2D eigenvalue weighted by molar-refractivity contribution is 5.38. The summed E-state index contributed by atoms with van der Waals surface area (Å²) in [6, 6.07) is 6.45. The van der Waals surface area contributed by atoms with Crippen LogP contribution in [0.4, 0.5) is 0 Å². The fraction of sp³-hybridized carbons (Fsp3) is 0.625. The van der Waals surface area contributed by atoms with Crippen LogP contribution < -0.4 is 15.4 Å². The molecule has 0 saturated heterocycles. The monoisotopic (exact) mass is 264 g/mol. The van der Waals surface area contributed by atoms with Gasteiger partial charge in [-0.3, -0.25) is 0 Å². The number of likely N-dealkylation sites (N-methyl/N-ethyl adjacent to an activating group) is 1. The number of ether oxygens (including phenoxy) is 1. The summed E-state index contributed by atoms with van der Waals surface area (Å²) in [5, 5.41) is 6.78. The number of hydrogen-bond acceptors (Lipinski definition) is 3. The second-order valence-corrected chi connectivity index (χ2v) is 5.99. The summed E-state index contributed by atoms with van der Waals surface area (Å²) in [6.45, 7) is 10.6. The molecule has 0 aliphatic rings. The van der Waals surface area contributed by atoms with Gasteiger partial charge in [0.05, 0.1) is 7.11 Å². The molecule has 1 rings (SSSR count). The van der Waals surface area contributed by atoms with Crippen LogP contribution in [0.1, 0.15) is 44.7 Å². The van der Waals surface area contributed by atoms with E-state index in [0.717, 1.165) is 18.8 Å². The highest BCUT2D eigenvalue weighted by atomic mass is 16.5. The van der Waals surface area contributed by atoms with Crippen LogP contribution >= 0.6 is 0 Å². The van der Waals surface area contributed by atoms with Gasteiger partial charge in [-0.2, -0.15) is 0 Å². The van der Waals surface area contributed by atoms with E-state index in [-0.39, 0.29) is 5.54 Å². The van der Waals surface area contributed by atoms with Crippen LogP contribution in [-0.4, -0.2) is 26.2 Å². The molecular formula is C16H28N2O. The van der Waals surface area contributed by atoms with Crippen LogP contribution in [0, 0.1) is 0 Å². The van der Waals surface area contributed by atoms with E-state index in [1.165, 1.54) is 11.1 Å². The molecule has 2 N–H and O–H groups in total. The van der Waals surface area contributed by atoms with Crippen LogP contribution in [-0.2, 0) is 6.54 Å². The first-order valence-corrected chi connectivity index (χ1v) is 6.96. The van der Waals surface area contributed by atoms with Gasteiger partial charge in [-0.25, -0.2) is 0 Å². The van der Waals surface area contributed by atoms with Gasteiger partial charge in [0.15, 0.2) is 0 Å². The summed E-state index contributed by atoms with van der Waals surface area (Å²) in [6.07, 6.45) is 0. The van der Waals surface area contributed by atoms with Crippen molar-refractivity contribution in [1.82, 2.24) is 10.6 Å². The zero-order valence-corrected chi connectivity index (χ0v) is 13.1. The van der Waals surface area contributed by atoms with Gasteiger partial charge >= 0.3 is 0 Å². The molecule has 0 unspecified atom stereocenters. The van der Waals surface area contributed by atoms with Gasteiger partial charge in [0, 0.05) is 24.2 Å². The Morgan fingerprint density at radius 2 is 1.95 bits per heavy atom. The summed E-state index contributed by atoms with van der Waals surface area (Å²) >= 11 is 0. The average molecular weight is 264 g/mol. The van der Waals surface area contributed by atoms with E-state index in [1.807, 2.05) is 7.05 Å². The minimum absolute atomic E-state index is 0.0631. The molecular weight excluding hydrogens is 236 g/mol. The maximum absolute atomic E-state index is 5.45.